The average molecular weight is 401 g/mol. The standard InChI is InChI=1S/C19H17BrN2O3/c1-14(23)22-17-5-4-6-18(13-17)25-12-3-2-11-21-19(24)15-7-9-16(20)10-8-15/h4-10,13H,11-12H2,1H3,(H,21,24)(H,22,23). The highest BCUT2D eigenvalue weighted by Crippen LogP contribution is 2.17. The molecule has 2 aromatic rings. The Hall–Kier alpha value is -2.78. The third-order valence-electron chi connectivity index (χ3n) is 3.03. The molecule has 2 aromatic carbocycles. The van der Waals surface area contributed by atoms with Gasteiger partial charge in [-0.3, -0.25) is 9.59 Å². The maximum atomic E-state index is 11.9. The Bertz CT molecular complexity index is 807. The third-order valence-corrected chi connectivity index (χ3v) is 3.56. The Labute approximate surface area is 154 Å². The largest absolute Gasteiger partial charge is 0.481 e. The number of nitrogens with one attached hydrogen (secondary N) is 2. The quantitative estimate of drug-likeness (QED) is 0.757. The minimum absolute atomic E-state index is 0.140. The summed E-state index contributed by atoms with van der Waals surface area (Å²) >= 11 is 3.32. The molecule has 0 saturated carbocycles. The summed E-state index contributed by atoms with van der Waals surface area (Å²) in [5, 5.41) is 5.40. The first-order valence-corrected chi connectivity index (χ1v) is 8.34. The molecule has 0 unspecified atom stereocenters. The number of carbonyl (C=O) groups is 2. The van der Waals surface area contributed by atoms with Gasteiger partial charge in [0.15, 0.2) is 0 Å². The summed E-state index contributed by atoms with van der Waals surface area (Å²) in [5.41, 5.74) is 1.25. The van der Waals surface area contributed by atoms with Crippen molar-refractivity contribution in [3.63, 3.8) is 0 Å². The van der Waals surface area contributed by atoms with Crippen molar-refractivity contribution in [2.75, 3.05) is 18.5 Å². The minimum Gasteiger partial charge on any atom is -0.481 e. The molecule has 5 nitrogen and oxygen atoms in total. The van der Waals surface area contributed by atoms with Crippen molar-refractivity contribution in [3.05, 3.63) is 58.6 Å². The molecule has 0 radical (unpaired) electrons. The lowest BCUT2D eigenvalue weighted by molar-refractivity contribution is -0.114. The summed E-state index contributed by atoms with van der Waals surface area (Å²) in [4.78, 5) is 22.9. The first-order chi connectivity index (χ1) is 12.0. The van der Waals surface area contributed by atoms with Gasteiger partial charge in [0, 0.05) is 28.7 Å². The number of hydrogen-bond acceptors (Lipinski definition) is 3. The zero-order chi connectivity index (χ0) is 18.1. The fourth-order valence-electron chi connectivity index (χ4n) is 1.93. The smallest absolute Gasteiger partial charge is 0.252 e. The Morgan fingerprint density at radius 2 is 1.88 bits per heavy atom. The highest BCUT2D eigenvalue weighted by Gasteiger charge is 2.02. The van der Waals surface area contributed by atoms with Gasteiger partial charge in [0.2, 0.25) is 5.91 Å². The predicted octanol–water partition coefficient (Wildman–Crippen LogP) is 3.22. The van der Waals surface area contributed by atoms with E-state index in [2.05, 4.69) is 38.4 Å². The second-order valence-electron chi connectivity index (χ2n) is 5.04. The van der Waals surface area contributed by atoms with E-state index in [9.17, 15) is 9.59 Å². The van der Waals surface area contributed by atoms with Gasteiger partial charge in [-0.1, -0.05) is 33.8 Å². The van der Waals surface area contributed by atoms with Gasteiger partial charge < -0.3 is 15.4 Å². The number of hydrogen-bond donors (Lipinski definition) is 2. The van der Waals surface area contributed by atoms with E-state index in [1.165, 1.54) is 6.92 Å². The zero-order valence-electron chi connectivity index (χ0n) is 13.6. The molecule has 0 aliphatic carbocycles. The Morgan fingerprint density at radius 3 is 2.60 bits per heavy atom. The van der Waals surface area contributed by atoms with Crippen molar-refractivity contribution >= 4 is 33.4 Å². The molecule has 0 fully saturated rings. The topological polar surface area (TPSA) is 67.4 Å². The van der Waals surface area contributed by atoms with Gasteiger partial charge >= 0.3 is 0 Å². The molecule has 0 atom stereocenters. The minimum atomic E-state index is -0.175. The van der Waals surface area contributed by atoms with Crippen molar-refractivity contribution in [3.8, 4) is 17.6 Å². The zero-order valence-corrected chi connectivity index (χ0v) is 15.2. The highest BCUT2D eigenvalue weighted by molar-refractivity contribution is 9.10. The van der Waals surface area contributed by atoms with Gasteiger partial charge in [0.05, 0.1) is 6.54 Å². The molecule has 0 aliphatic rings. The number of amides is 2. The Morgan fingerprint density at radius 1 is 1.12 bits per heavy atom. The van der Waals surface area contributed by atoms with E-state index < -0.39 is 0 Å². The number of ether oxygens (including phenoxy) is 1. The van der Waals surface area contributed by atoms with E-state index in [0.29, 0.717) is 17.0 Å². The molecule has 2 N–H and O–H groups in total. The molecule has 25 heavy (non-hydrogen) atoms. The number of carbonyl (C=O) groups excluding carboxylic acids is 2. The van der Waals surface area contributed by atoms with Gasteiger partial charge in [-0.2, -0.15) is 0 Å². The van der Waals surface area contributed by atoms with Crippen LogP contribution in [0.4, 0.5) is 5.69 Å². The lowest BCUT2D eigenvalue weighted by Crippen LogP contribution is -2.23. The molecule has 0 bridgehead atoms. The van der Waals surface area contributed by atoms with Gasteiger partial charge in [-0.15, -0.1) is 0 Å². The van der Waals surface area contributed by atoms with E-state index in [1.54, 1.807) is 36.4 Å². The third kappa shape index (κ3) is 6.69. The van der Waals surface area contributed by atoms with E-state index in [1.807, 2.05) is 12.1 Å². The highest BCUT2D eigenvalue weighted by atomic mass is 79.9. The van der Waals surface area contributed by atoms with Crippen LogP contribution in [-0.4, -0.2) is 25.0 Å². The first kappa shape index (κ1) is 18.6. The van der Waals surface area contributed by atoms with Crippen molar-refractivity contribution in [1.82, 2.24) is 5.32 Å². The molecule has 0 saturated heterocycles. The fourth-order valence-corrected chi connectivity index (χ4v) is 2.19. The summed E-state index contributed by atoms with van der Waals surface area (Å²) in [6.07, 6.45) is 0. The van der Waals surface area contributed by atoms with E-state index in [-0.39, 0.29) is 25.0 Å². The molecule has 0 aromatic heterocycles. The van der Waals surface area contributed by atoms with E-state index >= 15 is 0 Å². The van der Waals surface area contributed by atoms with Crippen LogP contribution in [0, 0.1) is 11.8 Å². The lowest BCUT2D eigenvalue weighted by atomic mass is 10.2. The van der Waals surface area contributed by atoms with Gasteiger partial charge in [-0.05, 0) is 36.4 Å². The SMILES string of the molecule is CC(=O)Nc1cccc(OCC#CCNC(=O)c2ccc(Br)cc2)c1. The summed E-state index contributed by atoms with van der Waals surface area (Å²) in [6, 6.07) is 14.1. The molecule has 0 aliphatic heterocycles. The van der Waals surface area contributed by atoms with Crippen molar-refractivity contribution < 1.29 is 14.3 Å². The number of rotatable bonds is 5. The summed E-state index contributed by atoms with van der Waals surface area (Å²) in [5.74, 6) is 5.95. The van der Waals surface area contributed by atoms with Crippen LogP contribution >= 0.6 is 15.9 Å². The molecule has 128 valence electrons. The van der Waals surface area contributed by atoms with Gasteiger partial charge in [0.25, 0.3) is 5.91 Å². The van der Waals surface area contributed by atoms with Gasteiger partial charge in [-0.25, -0.2) is 0 Å². The molecule has 2 rings (SSSR count). The van der Waals surface area contributed by atoms with Crippen LogP contribution < -0.4 is 15.4 Å². The lowest BCUT2D eigenvalue weighted by Gasteiger charge is -2.05. The monoisotopic (exact) mass is 400 g/mol. The Kier molecular flexibility index (Phi) is 7.05. The van der Waals surface area contributed by atoms with Gasteiger partial charge in [0.1, 0.15) is 12.4 Å². The summed E-state index contributed by atoms with van der Waals surface area (Å²) < 4.78 is 6.41. The van der Waals surface area contributed by atoms with Crippen molar-refractivity contribution in [2.24, 2.45) is 0 Å². The molecule has 2 amide bonds. The summed E-state index contributed by atoms with van der Waals surface area (Å²) in [6.45, 7) is 1.88. The molecular weight excluding hydrogens is 384 g/mol. The average Bonchev–Trinajstić information content (AvgIpc) is 2.58. The molecular formula is C19H17BrN2O3. The normalized spacial score (nSPS) is 9.52. The van der Waals surface area contributed by atoms with Crippen molar-refractivity contribution in [1.29, 1.82) is 0 Å². The molecule has 0 heterocycles. The molecule has 6 heteroatoms. The van der Waals surface area contributed by atoms with Crippen LogP contribution in [0.3, 0.4) is 0 Å². The predicted molar refractivity (Wildman–Crippen MR) is 100 cm³/mol. The Balaban J connectivity index is 1.75. The number of halogens is 1. The molecule has 0 spiro atoms. The van der Waals surface area contributed by atoms with E-state index in [4.69, 9.17) is 4.74 Å². The number of benzene rings is 2. The first-order valence-electron chi connectivity index (χ1n) is 7.54. The van der Waals surface area contributed by atoms with Crippen LogP contribution in [0.2, 0.25) is 0 Å². The maximum Gasteiger partial charge on any atom is 0.252 e. The second kappa shape index (κ2) is 9.50. The second-order valence-corrected chi connectivity index (χ2v) is 5.96. The van der Waals surface area contributed by atoms with Crippen LogP contribution in [0.1, 0.15) is 17.3 Å². The van der Waals surface area contributed by atoms with Crippen LogP contribution in [0.15, 0.2) is 53.0 Å². The van der Waals surface area contributed by atoms with Crippen LogP contribution in [0.25, 0.3) is 0 Å². The maximum absolute atomic E-state index is 11.9. The van der Waals surface area contributed by atoms with Crippen molar-refractivity contribution in [2.45, 2.75) is 6.92 Å². The van der Waals surface area contributed by atoms with E-state index in [0.717, 1.165) is 4.47 Å². The summed E-state index contributed by atoms with van der Waals surface area (Å²) in [7, 11) is 0. The van der Waals surface area contributed by atoms with Crippen LogP contribution in [-0.2, 0) is 4.79 Å². The fraction of sp³-hybridized carbons (Fsp3) is 0.158. The van der Waals surface area contributed by atoms with Crippen LogP contribution in [0.5, 0.6) is 5.75 Å². The number of anilines is 1.